The zero-order valence-electron chi connectivity index (χ0n) is 18.4. The number of carbonyl (C=O) groups is 1. The van der Waals surface area contributed by atoms with Gasteiger partial charge in [-0.15, -0.1) is 0 Å². The number of nitrogens with one attached hydrogen (secondary N) is 1. The van der Waals surface area contributed by atoms with Crippen molar-refractivity contribution in [1.29, 1.82) is 0 Å². The van der Waals surface area contributed by atoms with Gasteiger partial charge in [-0.1, -0.05) is 44.9 Å². The van der Waals surface area contributed by atoms with Gasteiger partial charge in [-0.05, 0) is 37.8 Å². The van der Waals surface area contributed by atoms with Crippen LogP contribution in [-0.2, 0) is 11.3 Å². The number of amides is 1. The molecule has 30 heavy (non-hydrogen) atoms. The van der Waals surface area contributed by atoms with E-state index in [1.165, 1.54) is 9.47 Å². The third-order valence-corrected chi connectivity index (χ3v) is 4.75. The molecule has 1 amide bonds. The zero-order chi connectivity index (χ0) is 22.4. The molecule has 0 atom stereocenters. The molecule has 8 nitrogen and oxygen atoms in total. The van der Waals surface area contributed by atoms with E-state index in [1.807, 2.05) is 52.8 Å². The summed E-state index contributed by atoms with van der Waals surface area (Å²) in [7, 11) is 0. The number of nitrogen functional groups attached to an aromatic ring is 1. The van der Waals surface area contributed by atoms with Crippen LogP contribution in [0.4, 0.5) is 11.5 Å². The summed E-state index contributed by atoms with van der Waals surface area (Å²) >= 11 is 0. The number of hydrogen-bond donors (Lipinski definition) is 2. The molecule has 2 aromatic rings. The molecule has 1 aromatic carbocycles. The fourth-order valence-electron chi connectivity index (χ4n) is 3.24. The van der Waals surface area contributed by atoms with Crippen molar-refractivity contribution in [3.8, 4) is 5.75 Å². The molecule has 2 rings (SSSR count). The molecule has 0 saturated heterocycles. The van der Waals surface area contributed by atoms with Crippen molar-refractivity contribution in [3.05, 3.63) is 50.2 Å². The number of aryl methyl sites for hydroxylation is 2. The maximum atomic E-state index is 13.0. The Balaban J connectivity index is 2.38. The van der Waals surface area contributed by atoms with Crippen LogP contribution >= 0.6 is 0 Å². The van der Waals surface area contributed by atoms with Crippen LogP contribution in [0.25, 0.3) is 0 Å². The summed E-state index contributed by atoms with van der Waals surface area (Å²) in [4.78, 5) is 41.5. The standard InChI is InChI=1S/C22H32N4O4/c1-6-7-10-25(18(27)13-30-17-9-8-15(4)11-16(17)5)19-20(23)26(12-14(2)3)22(29)24-21(19)28/h8-9,11,14H,6-7,10,12-13,23H2,1-5H3,(H,24,28,29). The highest BCUT2D eigenvalue weighted by atomic mass is 16.5. The number of unbranched alkanes of at least 4 members (excludes halogenated alkanes) is 1. The molecule has 0 unspecified atom stereocenters. The van der Waals surface area contributed by atoms with Crippen molar-refractivity contribution in [1.82, 2.24) is 9.55 Å². The number of H-pyrrole nitrogens is 1. The van der Waals surface area contributed by atoms with E-state index < -0.39 is 17.2 Å². The van der Waals surface area contributed by atoms with E-state index in [4.69, 9.17) is 10.5 Å². The van der Waals surface area contributed by atoms with E-state index in [0.717, 1.165) is 17.5 Å². The smallest absolute Gasteiger partial charge is 0.330 e. The second-order valence-electron chi connectivity index (χ2n) is 7.95. The molecule has 0 aliphatic carbocycles. The van der Waals surface area contributed by atoms with Crippen LogP contribution in [0, 0.1) is 19.8 Å². The van der Waals surface area contributed by atoms with Crippen molar-refractivity contribution >= 4 is 17.4 Å². The Morgan fingerprint density at radius 2 is 1.97 bits per heavy atom. The number of nitrogens with two attached hydrogens (primary N) is 1. The molecular formula is C22H32N4O4. The van der Waals surface area contributed by atoms with Gasteiger partial charge < -0.3 is 15.4 Å². The van der Waals surface area contributed by atoms with Gasteiger partial charge in [0.2, 0.25) is 0 Å². The van der Waals surface area contributed by atoms with Gasteiger partial charge in [0.05, 0.1) is 0 Å². The SMILES string of the molecule is CCCCN(C(=O)COc1ccc(C)cc1C)c1c(N)n(CC(C)C)c(=O)[nH]c1=O. The Labute approximate surface area is 176 Å². The largest absolute Gasteiger partial charge is 0.483 e. The van der Waals surface area contributed by atoms with E-state index >= 15 is 0 Å². The maximum Gasteiger partial charge on any atom is 0.330 e. The lowest BCUT2D eigenvalue weighted by Crippen LogP contribution is -2.43. The Hall–Kier alpha value is -3.03. The van der Waals surface area contributed by atoms with Crippen LogP contribution in [0.1, 0.15) is 44.7 Å². The Kier molecular flexibility index (Phi) is 7.86. The van der Waals surface area contributed by atoms with Gasteiger partial charge in [0.25, 0.3) is 11.5 Å². The van der Waals surface area contributed by atoms with Gasteiger partial charge in [0.1, 0.15) is 11.6 Å². The van der Waals surface area contributed by atoms with E-state index in [9.17, 15) is 14.4 Å². The molecule has 0 aliphatic heterocycles. The third kappa shape index (κ3) is 5.52. The van der Waals surface area contributed by atoms with E-state index in [1.54, 1.807) is 0 Å². The van der Waals surface area contributed by atoms with Gasteiger partial charge in [-0.25, -0.2) is 4.79 Å². The van der Waals surface area contributed by atoms with Crippen molar-refractivity contribution in [3.63, 3.8) is 0 Å². The molecule has 0 bridgehead atoms. The molecule has 0 aliphatic rings. The molecule has 0 saturated carbocycles. The predicted octanol–water partition coefficient (Wildman–Crippen LogP) is 2.60. The first kappa shape index (κ1) is 23.3. The van der Waals surface area contributed by atoms with Crippen molar-refractivity contribution in [2.45, 2.75) is 54.0 Å². The minimum atomic E-state index is -0.673. The van der Waals surface area contributed by atoms with Gasteiger partial charge in [-0.3, -0.25) is 19.1 Å². The molecule has 1 aromatic heterocycles. The number of ether oxygens (including phenoxy) is 1. The predicted molar refractivity (Wildman–Crippen MR) is 119 cm³/mol. The minimum absolute atomic E-state index is 0.00192. The molecule has 0 spiro atoms. The summed E-state index contributed by atoms with van der Waals surface area (Å²) < 4.78 is 7.03. The average molecular weight is 417 g/mol. The second-order valence-corrected chi connectivity index (χ2v) is 7.95. The van der Waals surface area contributed by atoms with Crippen LogP contribution in [0.15, 0.2) is 27.8 Å². The number of aromatic nitrogens is 2. The Morgan fingerprint density at radius 3 is 2.57 bits per heavy atom. The molecule has 0 fully saturated rings. The number of benzene rings is 1. The lowest BCUT2D eigenvalue weighted by Gasteiger charge is -2.25. The minimum Gasteiger partial charge on any atom is -0.483 e. The summed E-state index contributed by atoms with van der Waals surface area (Å²) in [6.07, 6.45) is 1.50. The summed E-state index contributed by atoms with van der Waals surface area (Å²) in [5.41, 5.74) is 6.97. The third-order valence-electron chi connectivity index (χ3n) is 4.75. The Bertz CT molecular complexity index is 1010. The quantitative estimate of drug-likeness (QED) is 0.653. The first-order valence-electron chi connectivity index (χ1n) is 10.3. The molecule has 0 radical (unpaired) electrons. The normalized spacial score (nSPS) is 11.0. The topological polar surface area (TPSA) is 110 Å². The summed E-state index contributed by atoms with van der Waals surface area (Å²) in [5, 5.41) is 0. The fraction of sp³-hybridized carbons (Fsp3) is 0.500. The van der Waals surface area contributed by atoms with Gasteiger partial charge in [0, 0.05) is 13.1 Å². The molecule has 3 N–H and O–H groups in total. The van der Waals surface area contributed by atoms with Gasteiger partial charge in [-0.2, -0.15) is 0 Å². The van der Waals surface area contributed by atoms with Gasteiger partial charge in [0.15, 0.2) is 12.3 Å². The van der Waals surface area contributed by atoms with Crippen molar-refractivity contribution in [2.24, 2.45) is 5.92 Å². The first-order valence-corrected chi connectivity index (χ1v) is 10.3. The fourth-order valence-corrected chi connectivity index (χ4v) is 3.24. The highest BCUT2D eigenvalue weighted by Gasteiger charge is 2.24. The van der Waals surface area contributed by atoms with E-state index in [-0.39, 0.29) is 24.0 Å². The van der Waals surface area contributed by atoms with Crippen molar-refractivity contribution < 1.29 is 9.53 Å². The summed E-state index contributed by atoms with van der Waals surface area (Å²) in [6, 6.07) is 5.70. The highest BCUT2D eigenvalue weighted by Crippen LogP contribution is 2.21. The second kappa shape index (κ2) is 10.1. The maximum absolute atomic E-state index is 13.0. The molecule has 8 heteroatoms. The monoisotopic (exact) mass is 416 g/mol. The van der Waals surface area contributed by atoms with Crippen LogP contribution in [-0.4, -0.2) is 28.6 Å². The average Bonchev–Trinajstić information content (AvgIpc) is 2.66. The van der Waals surface area contributed by atoms with Gasteiger partial charge >= 0.3 is 5.69 Å². The Morgan fingerprint density at radius 1 is 1.27 bits per heavy atom. The van der Waals surface area contributed by atoms with E-state index in [2.05, 4.69) is 4.98 Å². The van der Waals surface area contributed by atoms with Crippen LogP contribution in [0.5, 0.6) is 5.75 Å². The van der Waals surface area contributed by atoms with Crippen LogP contribution < -0.4 is 26.6 Å². The molecule has 164 valence electrons. The number of hydrogen-bond acceptors (Lipinski definition) is 5. The van der Waals surface area contributed by atoms with Crippen LogP contribution in [0.2, 0.25) is 0 Å². The first-order chi connectivity index (χ1) is 14.1. The highest BCUT2D eigenvalue weighted by molar-refractivity contribution is 5.96. The number of carbonyl (C=O) groups excluding carboxylic acids is 1. The summed E-state index contributed by atoms with van der Waals surface area (Å²) in [6.45, 7) is 10.2. The molecule has 1 heterocycles. The van der Waals surface area contributed by atoms with E-state index in [0.29, 0.717) is 25.3 Å². The number of nitrogens with zero attached hydrogens (tertiary/aromatic N) is 2. The number of aromatic amines is 1. The molecular weight excluding hydrogens is 384 g/mol. The summed E-state index contributed by atoms with van der Waals surface area (Å²) in [5.74, 6) is 0.344. The lowest BCUT2D eigenvalue weighted by atomic mass is 10.1. The lowest BCUT2D eigenvalue weighted by molar-refractivity contribution is -0.120. The number of rotatable bonds is 9. The van der Waals surface area contributed by atoms with Crippen molar-refractivity contribution in [2.75, 3.05) is 23.8 Å². The van der Waals surface area contributed by atoms with Crippen LogP contribution in [0.3, 0.4) is 0 Å². The number of anilines is 2. The zero-order valence-corrected chi connectivity index (χ0v) is 18.4.